The molecule has 0 spiro atoms. The van der Waals surface area contributed by atoms with Crippen molar-refractivity contribution >= 4 is 45.3 Å². The van der Waals surface area contributed by atoms with Gasteiger partial charge in [0, 0.05) is 45.7 Å². The quantitative estimate of drug-likeness (QED) is 0.445. The maximum atomic E-state index is 12.9. The highest BCUT2D eigenvalue weighted by Crippen LogP contribution is 2.32. The van der Waals surface area contributed by atoms with Crippen molar-refractivity contribution < 1.29 is 9.53 Å². The third kappa shape index (κ3) is 4.45. The smallest absolute Gasteiger partial charge is 0.328 e. The highest BCUT2D eigenvalue weighted by molar-refractivity contribution is 6.34. The number of pyridine rings is 1. The first-order chi connectivity index (χ1) is 17.4. The minimum Gasteiger partial charge on any atom is -0.383 e. The molecule has 1 N–H and O–H groups in total. The number of carbonyl (C=O) groups is 1. The number of nitrogens with one attached hydrogen (secondary N) is 1. The van der Waals surface area contributed by atoms with Crippen molar-refractivity contribution in [2.45, 2.75) is 6.54 Å². The van der Waals surface area contributed by atoms with Crippen LogP contribution in [0.5, 0.6) is 0 Å². The molecular weight excluding hydrogens is 480 g/mol. The number of imidazole rings is 1. The molecule has 4 aromatic rings. The van der Waals surface area contributed by atoms with E-state index >= 15 is 0 Å². The lowest BCUT2D eigenvalue weighted by Crippen LogP contribution is -2.48. The number of fused-ring (bicyclic) bond motifs is 3. The number of rotatable bonds is 5. The van der Waals surface area contributed by atoms with E-state index in [0.717, 1.165) is 46.2 Å². The van der Waals surface area contributed by atoms with Crippen LogP contribution in [-0.2, 0) is 18.3 Å². The van der Waals surface area contributed by atoms with Crippen LogP contribution < -0.4 is 11.0 Å². The Kier molecular flexibility index (Phi) is 6.70. The zero-order valence-corrected chi connectivity index (χ0v) is 21.4. The molecule has 9 nitrogen and oxygen atoms in total. The van der Waals surface area contributed by atoms with Crippen molar-refractivity contribution in [1.29, 1.82) is 0 Å². The summed E-state index contributed by atoms with van der Waals surface area (Å²) in [5, 5.41) is 4.28. The zero-order valence-electron chi connectivity index (χ0n) is 20.6. The van der Waals surface area contributed by atoms with E-state index in [-0.39, 0.29) is 11.7 Å². The molecule has 0 radical (unpaired) electrons. The van der Waals surface area contributed by atoms with Crippen LogP contribution in [0.2, 0.25) is 5.02 Å². The van der Waals surface area contributed by atoms with E-state index in [4.69, 9.17) is 16.3 Å². The third-order valence-electron chi connectivity index (χ3n) is 6.82. The third-order valence-corrected chi connectivity index (χ3v) is 7.14. The van der Waals surface area contributed by atoms with Crippen molar-refractivity contribution in [3.63, 3.8) is 0 Å². The van der Waals surface area contributed by atoms with Crippen LogP contribution in [-0.4, -0.2) is 76.9 Å². The highest BCUT2D eigenvalue weighted by Gasteiger charge is 2.20. The molecule has 2 aromatic carbocycles. The number of likely N-dealkylation sites (N-methyl/N-ethyl adjacent to an activating group) is 1. The van der Waals surface area contributed by atoms with Crippen LogP contribution >= 0.6 is 11.6 Å². The van der Waals surface area contributed by atoms with Gasteiger partial charge in [-0.1, -0.05) is 23.7 Å². The second-order valence-electron chi connectivity index (χ2n) is 9.13. The Morgan fingerprint density at radius 2 is 1.81 bits per heavy atom. The number of aromatic nitrogens is 3. The summed E-state index contributed by atoms with van der Waals surface area (Å²) in [6, 6.07) is 11.4. The molecule has 0 aliphatic carbocycles. The van der Waals surface area contributed by atoms with Crippen molar-refractivity contribution in [3.05, 3.63) is 58.1 Å². The largest absolute Gasteiger partial charge is 0.383 e. The van der Waals surface area contributed by atoms with E-state index in [9.17, 15) is 9.59 Å². The summed E-state index contributed by atoms with van der Waals surface area (Å²) >= 11 is 6.59. The SMILES string of the molecule is COCCn1c(=O)n(C)c2cnc3ccc(-c4ccc(NC(=O)N5CCN(C)CC5)c(Cl)c4)cc3c21. The molecule has 1 fully saturated rings. The Balaban J connectivity index is 1.48. The summed E-state index contributed by atoms with van der Waals surface area (Å²) in [7, 11) is 5.42. The number of nitrogens with zero attached hydrogens (tertiary/aromatic N) is 5. The lowest BCUT2D eigenvalue weighted by Gasteiger charge is -2.32. The summed E-state index contributed by atoms with van der Waals surface area (Å²) in [6.07, 6.45) is 1.73. The number of anilines is 1. The predicted octanol–water partition coefficient (Wildman–Crippen LogP) is 3.63. The first kappa shape index (κ1) is 24.3. The fourth-order valence-corrected chi connectivity index (χ4v) is 4.87. The first-order valence-electron chi connectivity index (χ1n) is 11.9. The van der Waals surface area contributed by atoms with Gasteiger partial charge in [-0.2, -0.15) is 0 Å². The summed E-state index contributed by atoms with van der Waals surface area (Å²) in [6.45, 7) is 3.96. The number of aryl methyl sites for hydroxylation is 1. The Hall–Kier alpha value is -3.40. The molecule has 0 unspecified atom stereocenters. The molecule has 188 valence electrons. The summed E-state index contributed by atoms with van der Waals surface area (Å²) in [4.78, 5) is 34.1. The van der Waals surface area contributed by atoms with E-state index in [2.05, 4.69) is 22.2 Å². The zero-order chi connectivity index (χ0) is 25.4. The molecule has 10 heteroatoms. The van der Waals surface area contributed by atoms with Crippen LogP contribution in [0.15, 0.2) is 47.4 Å². The number of amides is 2. The fourth-order valence-electron chi connectivity index (χ4n) is 4.65. The molecule has 1 saturated heterocycles. The van der Waals surface area contributed by atoms with Gasteiger partial charge in [-0.05, 0) is 42.4 Å². The van der Waals surface area contributed by atoms with Crippen molar-refractivity contribution in [2.75, 3.05) is 52.3 Å². The van der Waals surface area contributed by atoms with Gasteiger partial charge in [0.15, 0.2) is 0 Å². The van der Waals surface area contributed by atoms with E-state index < -0.39 is 0 Å². The van der Waals surface area contributed by atoms with Gasteiger partial charge in [0.1, 0.15) is 0 Å². The van der Waals surface area contributed by atoms with Gasteiger partial charge in [0.05, 0.1) is 46.6 Å². The van der Waals surface area contributed by atoms with E-state index in [1.807, 2.05) is 36.4 Å². The molecule has 36 heavy (non-hydrogen) atoms. The van der Waals surface area contributed by atoms with Crippen molar-refractivity contribution in [3.8, 4) is 11.1 Å². The summed E-state index contributed by atoms with van der Waals surface area (Å²) < 4.78 is 8.57. The van der Waals surface area contributed by atoms with Crippen LogP contribution in [0.25, 0.3) is 33.1 Å². The Labute approximate surface area is 213 Å². The van der Waals surface area contributed by atoms with Gasteiger partial charge in [-0.25, -0.2) is 9.59 Å². The van der Waals surface area contributed by atoms with Gasteiger partial charge < -0.3 is 19.9 Å². The van der Waals surface area contributed by atoms with Gasteiger partial charge in [-0.15, -0.1) is 0 Å². The normalized spacial score (nSPS) is 14.6. The molecule has 0 saturated carbocycles. The lowest BCUT2D eigenvalue weighted by molar-refractivity contribution is 0.164. The number of hydrogen-bond donors (Lipinski definition) is 1. The maximum absolute atomic E-state index is 12.9. The number of ether oxygens (including phenoxy) is 1. The highest BCUT2D eigenvalue weighted by atomic mass is 35.5. The molecule has 1 aliphatic rings. The molecule has 5 rings (SSSR count). The van der Waals surface area contributed by atoms with Crippen LogP contribution in [0.1, 0.15) is 0 Å². The summed E-state index contributed by atoms with van der Waals surface area (Å²) in [5.74, 6) is 0. The summed E-state index contributed by atoms with van der Waals surface area (Å²) in [5.41, 5.74) is 4.69. The standard InChI is InChI=1S/C26H29ClN6O3/c1-30-8-10-32(11-9-30)25(34)29-22-7-5-18(15-20(22)27)17-4-6-21-19(14-17)24-23(16-28-21)31(2)26(35)33(24)12-13-36-3/h4-7,14-16H,8-13H2,1-3H3,(H,29,34). The number of piperazine rings is 1. The van der Waals surface area contributed by atoms with Gasteiger partial charge >= 0.3 is 11.7 Å². The van der Waals surface area contributed by atoms with E-state index in [1.165, 1.54) is 0 Å². The molecule has 0 bridgehead atoms. The number of urea groups is 1. The van der Waals surface area contributed by atoms with Crippen molar-refractivity contribution in [1.82, 2.24) is 23.9 Å². The fraction of sp³-hybridized carbons (Fsp3) is 0.346. The Morgan fingerprint density at radius 1 is 1.08 bits per heavy atom. The topological polar surface area (TPSA) is 84.6 Å². The number of carbonyl (C=O) groups excluding carboxylic acids is 1. The second-order valence-corrected chi connectivity index (χ2v) is 9.53. The second kappa shape index (κ2) is 9.93. The van der Waals surface area contributed by atoms with Crippen LogP contribution in [0, 0.1) is 0 Å². The number of methoxy groups -OCH3 is 1. The first-order valence-corrected chi connectivity index (χ1v) is 12.3. The van der Waals surface area contributed by atoms with Gasteiger partial charge in [0.2, 0.25) is 0 Å². The number of hydrogen-bond acceptors (Lipinski definition) is 5. The number of benzene rings is 2. The maximum Gasteiger partial charge on any atom is 0.328 e. The monoisotopic (exact) mass is 508 g/mol. The average Bonchev–Trinajstić information content (AvgIpc) is 3.13. The number of halogens is 1. The van der Waals surface area contributed by atoms with E-state index in [1.54, 1.807) is 34.4 Å². The Morgan fingerprint density at radius 3 is 2.53 bits per heavy atom. The molecule has 2 aromatic heterocycles. The average molecular weight is 509 g/mol. The van der Waals surface area contributed by atoms with Gasteiger partial charge in [0.25, 0.3) is 0 Å². The van der Waals surface area contributed by atoms with Crippen molar-refractivity contribution in [2.24, 2.45) is 7.05 Å². The van der Waals surface area contributed by atoms with E-state index in [0.29, 0.717) is 37.0 Å². The molecule has 2 amide bonds. The molecule has 0 atom stereocenters. The predicted molar refractivity (Wildman–Crippen MR) is 143 cm³/mol. The van der Waals surface area contributed by atoms with Crippen LogP contribution in [0.4, 0.5) is 10.5 Å². The lowest BCUT2D eigenvalue weighted by atomic mass is 10.0. The van der Waals surface area contributed by atoms with Crippen LogP contribution in [0.3, 0.4) is 0 Å². The minimum atomic E-state index is -0.143. The van der Waals surface area contributed by atoms with Gasteiger partial charge in [-0.3, -0.25) is 14.1 Å². The molecular formula is C26H29ClN6O3. The molecule has 1 aliphatic heterocycles. The minimum absolute atomic E-state index is 0.106. The Bertz CT molecular complexity index is 1500. The molecule has 3 heterocycles.